The van der Waals surface area contributed by atoms with Crippen molar-refractivity contribution in [2.24, 2.45) is 0 Å². The molecule has 0 atom stereocenters. The van der Waals surface area contributed by atoms with E-state index in [0.717, 1.165) is 16.7 Å². The Morgan fingerprint density at radius 1 is 1.21 bits per heavy atom. The zero-order valence-corrected chi connectivity index (χ0v) is 10.4. The van der Waals surface area contributed by atoms with Gasteiger partial charge < -0.3 is 9.30 Å². The van der Waals surface area contributed by atoms with Gasteiger partial charge in [-0.3, -0.25) is 4.74 Å². The number of rotatable bonds is 5. The zero-order valence-electron chi connectivity index (χ0n) is 10.4. The number of alkyl halides is 3. The highest BCUT2D eigenvalue weighted by Gasteiger charge is 2.28. The molecule has 1 aromatic heterocycles. The average Bonchev–Trinajstić information content (AvgIpc) is 2.71. The van der Waals surface area contributed by atoms with Crippen LogP contribution in [0.25, 0.3) is 10.9 Å². The van der Waals surface area contributed by atoms with Gasteiger partial charge in [0.2, 0.25) is 0 Å². The molecular formula is C13H14F3NO2. The van der Waals surface area contributed by atoms with Crippen molar-refractivity contribution in [3.05, 3.63) is 30.5 Å². The molecule has 19 heavy (non-hydrogen) atoms. The number of halogens is 3. The van der Waals surface area contributed by atoms with Gasteiger partial charge in [0.1, 0.15) is 5.75 Å². The summed E-state index contributed by atoms with van der Waals surface area (Å²) in [6.07, 6.45) is -2.84. The lowest BCUT2D eigenvalue weighted by Crippen LogP contribution is -2.17. The van der Waals surface area contributed by atoms with E-state index in [1.54, 1.807) is 16.8 Å². The molecule has 0 aliphatic rings. The molecule has 0 saturated heterocycles. The highest BCUT2D eigenvalue weighted by Crippen LogP contribution is 2.22. The highest BCUT2D eigenvalue weighted by atomic mass is 19.4. The molecular weight excluding hydrogens is 259 g/mol. The van der Waals surface area contributed by atoms with E-state index in [0.29, 0.717) is 6.61 Å². The fourth-order valence-electron chi connectivity index (χ4n) is 1.89. The Morgan fingerprint density at radius 3 is 2.68 bits per heavy atom. The largest absolute Gasteiger partial charge is 0.522 e. The van der Waals surface area contributed by atoms with Gasteiger partial charge in [0, 0.05) is 23.6 Å². The predicted molar refractivity (Wildman–Crippen MR) is 65.1 cm³/mol. The van der Waals surface area contributed by atoms with E-state index in [1.807, 2.05) is 25.1 Å². The van der Waals surface area contributed by atoms with E-state index >= 15 is 0 Å². The number of hydrogen-bond acceptors (Lipinski definition) is 2. The van der Waals surface area contributed by atoms with Crippen LogP contribution in [0.1, 0.15) is 6.92 Å². The first-order chi connectivity index (χ1) is 8.99. The topological polar surface area (TPSA) is 23.4 Å². The van der Waals surface area contributed by atoms with E-state index in [4.69, 9.17) is 4.74 Å². The molecule has 1 aromatic carbocycles. The SMILES string of the molecule is CCOc1ccc2c(ccn2CCOC(F)(F)F)c1. The summed E-state index contributed by atoms with van der Waals surface area (Å²) >= 11 is 0. The van der Waals surface area contributed by atoms with Crippen molar-refractivity contribution < 1.29 is 22.6 Å². The van der Waals surface area contributed by atoms with Gasteiger partial charge in [-0.15, -0.1) is 13.2 Å². The van der Waals surface area contributed by atoms with Crippen LogP contribution in [-0.2, 0) is 11.3 Å². The Balaban J connectivity index is 2.08. The van der Waals surface area contributed by atoms with Crippen LogP contribution >= 0.6 is 0 Å². The molecule has 0 radical (unpaired) electrons. The smallest absolute Gasteiger partial charge is 0.494 e. The third-order valence-corrected chi connectivity index (χ3v) is 2.65. The molecule has 0 unspecified atom stereocenters. The highest BCUT2D eigenvalue weighted by molar-refractivity contribution is 5.81. The fourth-order valence-corrected chi connectivity index (χ4v) is 1.89. The summed E-state index contributed by atoms with van der Waals surface area (Å²) < 4.78 is 46.5. The van der Waals surface area contributed by atoms with Crippen LogP contribution in [0, 0.1) is 0 Å². The number of aromatic nitrogens is 1. The second kappa shape index (κ2) is 5.52. The van der Waals surface area contributed by atoms with Crippen LogP contribution in [0.3, 0.4) is 0 Å². The fraction of sp³-hybridized carbons (Fsp3) is 0.385. The summed E-state index contributed by atoms with van der Waals surface area (Å²) in [6.45, 7) is 2.22. The lowest BCUT2D eigenvalue weighted by molar-refractivity contribution is -0.325. The monoisotopic (exact) mass is 273 g/mol. The van der Waals surface area contributed by atoms with Crippen LogP contribution in [0.2, 0.25) is 0 Å². The van der Waals surface area contributed by atoms with Crippen LogP contribution in [0.15, 0.2) is 30.5 Å². The summed E-state index contributed by atoms with van der Waals surface area (Å²) in [6, 6.07) is 7.33. The van der Waals surface area contributed by atoms with Gasteiger partial charge in [0.25, 0.3) is 0 Å². The van der Waals surface area contributed by atoms with Gasteiger partial charge in [-0.1, -0.05) is 0 Å². The Morgan fingerprint density at radius 2 is 2.00 bits per heavy atom. The van der Waals surface area contributed by atoms with Gasteiger partial charge >= 0.3 is 6.36 Å². The molecule has 0 fully saturated rings. The van der Waals surface area contributed by atoms with Gasteiger partial charge in [-0.2, -0.15) is 0 Å². The first-order valence-corrected chi connectivity index (χ1v) is 5.92. The quantitative estimate of drug-likeness (QED) is 0.831. The maximum atomic E-state index is 11.9. The lowest BCUT2D eigenvalue weighted by atomic mass is 10.2. The third-order valence-electron chi connectivity index (χ3n) is 2.65. The molecule has 0 amide bonds. The standard InChI is InChI=1S/C13H14F3NO2/c1-2-18-11-3-4-12-10(9-11)5-6-17(12)7-8-19-13(14,15)16/h3-6,9H,2,7-8H2,1H3. The zero-order chi connectivity index (χ0) is 13.9. The molecule has 0 aliphatic carbocycles. The summed E-state index contributed by atoms with van der Waals surface area (Å²) in [7, 11) is 0. The van der Waals surface area contributed by atoms with Gasteiger partial charge in [0.05, 0.1) is 13.2 Å². The van der Waals surface area contributed by atoms with Crippen molar-refractivity contribution in [2.45, 2.75) is 19.8 Å². The normalized spacial score (nSPS) is 12.0. The Bertz CT molecular complexity index is 548. The summed E-state index contributed by atoms with van der Waals surface area (Å²) in [5, 5.41) is 0.929. The molecule has 3 nitrogen and oxygen atoms in total. The van der Waals surface area contributed by atoms with E-state index in [9.17, 15) is 13.2 Å². The van der Waals surface area contributed by atoms with E-state index in [2.05, 4.69) is 4.74 Å². The molecule has 0 bridgehead atoms. The van der Waals surface area contributed by atoms with Crippen molar-refractivity contribution in [3.8, 4) is 5.75 Å². The van der Waals surface area contributed by atoms with Crippen LogP contribution in [-0.4, -0.2) is 24.1 Å². The minimum Gasteiger partial charge on any atom is -0.494 e. The van der Waals surface area contributed by atoms with Gasteiger partial charge in [0.15, 0.2) is 0 Å². The number of fused-ring (bicyclic) bond motifs is 1. The molecule has 0 spiro atoms. The molecule has 0 aliphatic heterocycles. The number of benzene rings is 1. The van der Waals surface area contributed by atoms with Crippen LogP contribution < -0.4 is 4.74 Å². The number of nitrogens with zero attached hydrogens (tertiary/aromatic N) is 1. The maximum Gasteiger partial charge on any atom is 0.522 e. The van der Waals surface area contributed by atoms with E-state index < -0.39 is 13.0 Å². The summed E-state index contributed by atoms with van der Waals surface area (Å²) in [5.74, 6) is 0.749. The average molecular weight is 273 g/mol. The van der Waals surface area contributed by atoms with E-state index in [1.165, 1.54) is 0 Å². The number of hydrogen-bond donors (Lipinski definition) is 0. The molecule has 104 valence electrons. The summed E-state index contributed by atoms with van der Waals surface area (Å²) in [5.41, 5.74) is 0.856. The Kier molecular flexibility index (Phi) is 3.99. The number of ether oxygens (including phenoxy) is 2. The Hall–Kier alpha value is -1.69. The van der Waals surface area contributed by atoms with Crippen molar-refractivity contribution >= 4 is 10.9 Å². The van der Waals surface area contributed by atoms with Crippen molar-refractivity contribution in [3.63, 3.8) is 0 Å². The van der Waals surface area contributed by atoms with E-state index in [-0.39, 0.29) is 6.54 Å². The maximum absolute atomic E-state index is 11.9. The first-order valence-electron chi connectivity index (χ1n) is 5.92. The predicted octanol–water partition coefficient (Wildman–Crippen LogP) is 3.58. The van der Waals surface area contributed by atoms with Crippen LogP contribution in [0.5, 0.6) is 5.75 Å². The molecule has 0 N–H and O–H groups in total. The molecule has 2 aromatic rings. The third kappa shape index (κ3) is 3.64. The molecule has 0 saturated carbocycles. The first kappa shape index (κ1) is 13.7. The Labute approximate surface area is 108 Å². The molecule has 1 heterocycles. The summed E-state index contributed by atoms with van der Waals surface area (Å²) in [4.78, 5) is 0. The molecule has 6 heteroatoms. The van der Waals surface area contributed by atoms with Crippen molar-refractivity contribution in [1.29, 1.82) is 0 Å². The molecule has 2 rings (SSSR count). The second-order valence-electron chi connectivity index (χ2n) is 3.96. The lowest BCUT2D eigenvalue weighted by Gasteiger charge is -2.09. The van der Waals surface area contributed by atoms with Gasteiger partial charge in [-0.25, -0.2) is 0 Å². The van der Waals surface area contributed by atoms with Crippen molar-refractivity contribution in [1.82, 2.24) is 4.57 Å². The minimum atomic E-state index is -4.58. The van der Waals surface area contributed by atoms with Crippen LogP contribution in [0.4, 0.5) is 13.2 Å². The van der Waals surface area contributed by atoms with Crippen molar-refractivity contribution in [2.75, 3.05) is 13.2 Å². The second-order valence-corrected chi connectivity index (χ2v) is 3.96. The minimum absolute atomic E-state index is 0.150. The van der Waals surface area contributed by atoms with Gasteiger partial charge in [-0.05, 0) is 31.2 Å².